The van der Waals surface area contributed by atoms with Gasteiger partial charge in [-0.2, -0.15) is 0 Å². The minimum Gasteiger partial charge on any atom is -0.362 e. The monoisotopic (exact) mass is 415 g/mol. The highest BCUT2D eigenvalue weighted by Crippen LogP contribution is 2.47. The van der Waals surface area contributed by atoms with Gasteiger partial charge in [0.2, 0.25) is 0 Å². The second kappa shape index (κ2) is 6.33. The van der Waals surface area contributed by atoms with E-state index in [0.717, 1.165) is 41.9 Å². The van der Waals surface area contributed by atoms with E-state index in [-0.39, 0.29) is 17.7 Å². The van der Waals surface area contributed by atoms with Gasteiger partial charge < -0.3 is 20.1 Å². The lowest BCUT2D eigenvalue weighted by Crippen LogP contribution is -2.61. The van der Waals surface area contributed by atoms with Crippen LogP contribution in [0.2, 0.25) is 0 Å². The Bertz CT molecular complexity index is 1250. The van der Waals surface area contributed by atoms with Crippen molar-refractivity contribution in [2.24, 2.45) is 18.9 Å². The summed E-state index contributed by atoms with van der Waals surface area (Å²) in [6.07, 6.45) is 1.87. The number of nitrogens with one attached hydrogen (secondary N) is 2. The van der Waals surface area contributed by atoms with Gasteiger partial charge in [-0.1, -0.05) is 12.1 Å². The topological polar surface area (TPSA) is 79.3 Å². The van der Waals surface area contributed by atoms with E-state index < -0.39 is 5.66 Å². The highest BCUT2D eigenvalue weighted by atomic mass is 16.2. The fourth-order valence-corrected chi connectivity index (χ4v) is 5.76. The van der Waals surface area contributed by atoms with Crippen molar-refractivity contribution in [3.05, 3.63) is 59.4 Å². The van der Waals surface area contributed by atoms with Gasteiger partial charge in [-0.15, -0.1) is 0 Å². The zero-order valence-electron chi connectivity index (χ0n) is 17.7. The second-order valence-corrected chi connectivity index (χ2v) is 9.13. The molecule has 3 aromatic rings. The molecule has 1 saturated carbocycles. The zero-order chi connectivity index (χ0) is 21.3. The molecule has 0 bridgehead atoms. The Morgan fingerprint density at radius 2 is 2.00 bits per heavy atom. The predicted molar refractivity (Wildman–Crippen MR) is 118 cm³/mol. The van der Waals surface area contributed by atoms with Crippen molar-refractivity contribution in [2.45, 2.75) is 25.4 Å². The van der Waals surface area contributed by atoms with Gasteiger partial charge in [0, 0.05) is 37.3 Å². The van der Waals surface area contributed by atoms with Crippen molar-refractivity contribution in [3.63, 3.8) is 0 Å². The first-order chi connectivity index (χ1) is 14.9. The van der Waals surface area contributed by atoms with Crippen LogP contribution in [0.4, 0.5) is 5.69 Å². The number of carbonyl (C=O) groups is 2. The standard InChI is InChI=1S/C24H25N5O2/c1-14-25-20-11-15(7-8-21(20)28(14)2)23(31)29-12-16-9-10-24(18(16)13-29)26-19-6-4-3-5-17(19)22(30)27-24/h3-8,11,16,18,26H,9-10,12-13H2,1-2H3,(H,27,30)/t16-,18+,24+/m1/s1. The molecule has 31 heavy (non-hydrogen) atoms. The van der Waals surface area contributed by atoms with E-state index in [1.165, 1.54) is 0 Å². The number of rotatable bonds is 1. The molecule has 1 spiro atoms. The number of anilines is 1. The molecular formula is C24H25N5O2. The maximum Gasteiger partial charge on any atom is 0.255 e. The predicted octanol–water partition coefficient (Wildman–Crippen LogP) is 2.92. The third-order valence-corrected chi connectivity index (χ3v) is 7.49. The Balaban J connectivity index is 1.27. The second-order valence-electron chi connectivity index (χ2n) is 9.13. The summed E-state index contributed by atoms with van der Waals surface area (Å²) in [5.41, 5.74) is 3.63. The molecule has 1 saturated heterocycles. The van der Waals surface area contributed by atoms with Crippen molar-refractivity contribution >= 4 is 28.5 Å². The molecule has 3 aliphatic rings. The van der Waals surface area contributed by atoms with Crippen LogP contribution in [0, 0.1) is 18.8 Å². The number of benzene rings is 2. The highest BCUT2D eigenvalue weighted by Gasteiger charge is 2.55. The van der Waals surface area contributed by atoms with Crippen LogP contribution >= 0.6 is 0 Å². The summed E-state index contributed by atoms with van der Waals surface area (Å²) in [6, 6.07) is 13.4. The molecule has 3 atom stereocenters. The van der Waals surface area contributed by atoms with Crippen LogP contribution < -0.4 is 10.6 Å². The van der Waals surface area contributed by atoms with Crippen LogP contribution in [-0.2, 0) is 7.05 Å². The van der Waals surface area contributed by atoms with Gasteiger partial charge in [0.15, 0.2) is 0 Å². The highest BCUT2D eigenvalue weighted by molar-refractivity contribution is 6.02. The molecule has 2 aliphatic heterocycles. The van der Waals surface area contributed by atoms with Gasteiger partial charge in [0.05, 0.1) is 16.6 Å². The first kappa shape index (κ1) is 18.4. The minimum absolute atomic E-state index is 0.0317. The van der Waals surface area contributed by atoms with Gasteiger partial charge in [0.1, 0.15) is 11.5 Å². The number of fused-ring (bicyclic) bond motifs is 4. The third kappa shape index (κ3) is 2.62. The molecule has 7 nitrogen and oxygen atoms in total. The average molecular weight is 415 g/mol. The van der Waals surface area contributed by atoms with E-state index in [9.17, 15) is 9.59 Å². The fourth-order valence-electron chi connectivity index (χ4n) is 5.76. The first-order valence-electron chi connectivity index (χ1n) is 10.9. The van der Waals surface area contributed by atoms with E-state index in [1.54, 1.807) is 0 Å². The Hall–Kier alpha value is -3.35. The van der Waals surface area contributed by atoms with Crippen molar-refractivity contribution < 1.29 is 9.59 Å². The van der Waals surface area contributed by atoms with Crippen LogP contribution in [0.1, 0.15) is 39.4 Å². The van der Waals surface area contributed by atoms with Crippen LogP contribution in [0.5, 0.6) is 0 Å². The van der Waals surface area contributed by atoms with Crippen molar-refractivity contribution in [2.75, 3.05) is 18.4 Å². The van der Waals surface area contributed by atoms with E-state index >= 15 is 0 Å². The number of aryl methyl sites for hydroxylation is 2. The molecule has 1 aromatic heterocycles. The van der Waals surface area contributed by atoms with E-state index in [1.807, 2.05) is 65.9 Å². The van der Waals surface area contributed by atoms with Gasteiger partial charge in [-0.05, 0) is 56.0 Å². The lowest BCUT2D eigenvalue weighted by molar-refractivity contribution is 0.0767. The summed E-state index contributed by atoms with van der Waals surface area (Å²) in [5, 5.41) is 6.87. The summed E-state index contributed by atoms with van der Waals surface area (Å²) >= 11 is 0. The quantitative estimate of drug-likeness (QED) is 0.641. The maximum absolute atomic E-state index is 13.3. The minimum atomic E-state index is -0.479. The number of amides is 2. The van der Waals surface area contributed by atoms with Crippen LogP contribution in [0.3, 0.4) is 0 Å². The van der Waals surface area contributed by atoms with Gasteiger partial charge in [-0.25, -0.2) is 4.98 Å². The van der Waals surface area contributed by atoms with Gasteiger partial charge in [0.25, 0.3) is 11.8 Å². The van der Waals surface area contributed by atoms with Gasteiger partial charge >= 0.3 is 0 Å². The number of para-hydroxylation sites is 1. The number of likely N-dealkylation sites (tertiary alicyclic amines) is 1. The fraction of sp³-hybridized carbons (Fsp3) is 0.375. The van der Waals surface area contributed by atoms with Crippen molar-refractivity contribution in [1.29, 1.82) is 0 Å². The molecule has 2 amide bonds. The number of aromatic nitrogens is 2. The van der Waals surface area contributed by atoms with Crippen molar-refractivity contribution in [3.8, 4) is 0 Å². The Labute approximate surface area is 180 Å². The molecule has 3 heterocycles. The molecule has 0 unspecified atom stereocenters. The molecule has 6 rings (SSSR count). The average Bonchev–Trinajstić information content (AvgIpc) is 3.42. The lowest BCUT2D eigenvalue weighted by Gasteiger charge is -2.42. The molecule has 158 valence electrons. The largest absolute Gasteiger partial charge is 0.362 e. The molecule has 2 N–H and O–H groups in total. The summed E-state index contributed by atoms with van der Waals surface area (Å²) < 4.78 is 2.03. The molecule has 1 aliphatic carbocycles. The van der Waals surface area contributed by atoms with E-state index in [0.29, 0.717) is 23.6 Å². The summed E-state index contributed by atoms with van der Waals surface area (Å²) in [4.78, 5) is 32.6. The Morgan fingerprint density at radius 1 is 1.16 bits per heavy atom. The molecule has 7 heteroatoms. The maximum atomic E-state index is 13.3. The van der Waals surface area contributed by atoms with E-state index in [2.05, 4.69) is 15.6 Å². The molecule has 0 radical (unpaired) electrons. The van der Waals surface area contributed by atoms with Gasteiger partial charge in [-0.3, -0.25) is 9.59 Å². The Kier molecular flexibility index (Phi) is 3.76. The summed E-state index contributed by atoms with van der Waals surface area (Å²) in [5.74, 6) is 1.50. The van der Waals surface area contributed by atoms with Crippen LogP contribution in [0.25, 0.3) is 11.0 Å². The third-order valence-electron chi connectivity index (χ3n) is 7.49. The molecule has 2 aromatic carbocycles. The Morgan fingerprint density at radius 3 is 2.87 bits per heavy atom. The normalized spacial score (nSPS) is 26.6. The van der Waals surface area contributed by atoms with E-state index in [4.69, 9.17) is 0 Å². The summed E-state index contributed by atoms with van der Waals surface area (Å²) in [6.45, 7) is 3.33. The van der Waals surface area contributed by atoms with Crippen LogP contribution in [-0.4, -0.2) is 45.0 Å². The number of hydrogen-bond donors (Lipinski definition) is 2. The molecular weight excluding hydrogens is 390 g/mol. The van der Waals surface area contributed by atoms with Crippen LogP contribution in [0.15, 0.2) is 42.5 Å². The number of nitrogens with zero attached hydrogens (tertiary/aromatic N) is 3. The summed E-state index contributed by atoms with van der Waals surface area (Å²) in [7, 11) is 1.98. The lowest BCUT2D eigenvalue weighted by atomic mass is 9.89. The SMILES string of the molecule is Cc1nc2cc(C(=O)N3C[C@H]4CC[C@]5(NC(=O)c6ccccc6N5)[C@H]4C3)ccc2n1C. The molecule has 2 fully saturated rings. The first-order valence-corrected chi connectivity index (χ1v) is 10.9. The van der Waals surface area contributed by atoms with Crippen molar-refractivity contribution in [1.82, 2.24) is 19.8 Å². The zero-order valence-corrected chi connectivity index (χ0v) is 17.7. The smallest absolute Gasteiger partial charge is 0.255 e. The number of hydrogen-bond acceptors (Lipinski definition) is 4. The number of imidazole rings is 1. The number of carbonyl (C=O) groups excluding carboxylic acids is 2.